The summed E-state index contributed by atoms with van der Waals surface area (Å²) in [6.45, 7) is 2.87. The van der Waals surface area contributed by atoms with Crippen molar-refractivity contribution in [2.45, 2.75) is 13.3 Å². The van der Waals surface area contributed by atoms with Crippen LogP contribution in [0, 0.1) is 17.7 Å². The Balaban J connectivity index is 2.04. The molecular weight excluding hydrogens is 207 g/mol. The zero-order chi connectivity index (χ0) is 11.7. The van der Waals surface area contributed by atoms with Gasteiger partial charge in [-0.15, -0.1) is 0 Å². The molecule has 86 valence electrons. The van der Waals surface area contributed by atoms with E-state index in [0.29, 0.717) is 18.4 Å². The van der Waals surface area contributed by atoms with E-state index in [1.807, 2.05) is 0 Å². The van der Waals surface area contributed by atoms with Crippen molar-refractivity contribution in [1.82, 2.24) is 9.88 Å². The minimum atomic E-state index is -0.553. The highest BCUT2D eigenvalue weighted by molar-refractivity contribution is 5.94. The van der Waals surface area contributed by atoms with E-state index in [2.05, 4.69) is 11.9 Å². The monoisotopic (exact) mass is 222 g/mol. The van der Waals surface area contributed by atoms with Gasteiger partial charge < -0.3 is 4.90 Å². The number of carbonyl (C=O) groups excluding carboxylic acids is 1. The van der Waals surface area contributed by atoms with Crippen LogP contribution in [0.15, 0.2) is 18.5 Å². The zero-order valence-corrected chi connectivity index (χ0v) is 9.48. The van der Waals surface area contributed by atoms with Gasteiger partial charge >= 0.3 is 0 Å². The Kier molecular flexibility index (Phi) is 2.90. The summed E-state index contributed by atoms with van der Waals surface area (Å²) in [5.41, 5.74) is 0.103. The summed E-state index contributed by atoms with van der Waals surface area (Å²) in [6.07, 6.45) is 3.67. The van der Waals surface area contributed by atoms with Gasteiger partial charge in [-0.05, 0) is 24.3 Å². The van der Waals surface area contributed by atoms with Crippen LogP contribution in [0.3, 0.4) is 0 Å². The highest BCUT2D eigenvalue weighted by Gasteiger charge is 2.34. The molecule has 0 radical (unpaired) electrons. The smallest absolute Gasteiger partial charge is 0.256 e. The van der Waals surface area contributed by atoms with Crippen LogP contribution < -0.4 is 0 Å². The molecule has 1 fully saturated rings. The number of aromatic nitrogens is 1. The van der Waals surface area contributed by atoms with Crippen LogP contribution in [0.25, 0.3) is 0 Å². The molecule has 1 aromatic rings. The van der Waals surface area contributed by atoms with Gasteiger partial charge in [-0.1, -0.05) is 6.92 Å². The van der Waals surface area contributed by atoms with Crippen molar-refractivity contribution in [3.8, 4) is 0 Å². The standard InChI is InChI=1S/C12H15FN2O/c1-8-5-9(8)7-15(2)12(16)10-3-4-14-6-11(10)13/h3-4,6,8-9H,5,7H2,1-2H3. The maximum Gasteiger partial charge on any atom is 0.256 e. The fourth-order valence-electron chi connectivity index (χ4n) is 1.84. The molecule has 2 unspecified atom stereocenters. The number of halogens is 1. The quantitative estimate of drug-likeness (QED) is 0.783. The summed E-state index contributed by atoms with van der Waals surface area (Å²) in [4.78, 5) is 17.1. The van der Waals surface area contributed by atoms with Crippen molar-refractivity contribution in [2.24, 2.45) is 11.8 Å². The lowest BCUT2D eigenvalue weighted by Crippen LogP contribution is -2.29. The Morgan fingerprint density at radius 3 is 2.94 bits per heavy atom. The first-order valence-electron chi connectivity index (χ1n) is 5.44. The van der Waals surface area contributed by atoms with E-state index in [1.165, 1.54) is 12.3 Å². The topological polar surface area (TPSA) is 33.2 Å². The first-order chi connectivity index (χ1) is 7.59. The van der Waals surface area contributed by atoms with Gasteiger partial charge in [0.2, 0.25) is 0 Å². The Bertz CT molecular complexity index is 408. The second kappa shape index (κ2) is 4.20. The first-order valence-corrected chi connectivity index (χ1v) is 5.44. The van der Waals surface area contributed by atoms with E-state index in [-0.39, 0.29) is 11.5 Å². The average Bonchev–Trinajstić information content (AvgIpc) is 2.94. The molecule has 1 saturated carbocycles. The van der Waals surface area contributed by atoms with E-state index in [1.54, 1.807) is 11.9 Å². The summed E-state index contributed by atoms with van der Waals surface area (Å²) in [5, 5.41) is 0. The summed E-state index contributed by atoms with van der Waals surface area (Å²) < 4.78 is 13.3. The predicted molar refractivity (Wildman–Crippen MR) is 58.4 cm³/mol. The maximum atomic E-state index is 13.3. The Morgan fingerprint density at radius 2 is 2.38 bits per heavy atom. The number of hydrogen-bond acceptors (Lipinski definition) is 2. The van der Waals surface area contributed by atoms with Gasteiger partial charge in [-0.2, -0.15) is 0 Å². The van der Waals surface area contributed by atoms with Crippen molar-refractivity contribution in [3.05, 3.63) is 29.8 Å². The van der Waals surface area contributed by atoms with Gasteiger partial charge in [0.05, 0.1) is 11.8 Å². The van der Waals surface area contributed by atoms with Crippen molar-refractivity contribution < 1.29 is 9.18 Å². The lowest BCUT2D eigenvalue weighted by molar-refractivity contribution is 0.0782. The second-order valence-corrected chi connectivity index (χ2v) is 4.51. The van der Waals surface area contributed by atoms with Gasteiger partial charge in [0, 0.05) is 19.8 Å². The molecule has 1 heterocycles. The number of pyridine rings is 1. The maximum absolute atomic E-state index is 13.3. The molecule has 16 heavy (non-hydrogen) atoms. The molecular formula is C12H15FN2O. The normalized spacial score (nSPS) is 22.9. The summed E-state index contributed by atoms with van der Waals surface area (Å²) >= 11 is 0. The number of amides is 1. The van der Waals surface area contributed by atoms with Gasteiger partial charge in [0.25, 0.3) is 5.91 Å². The zero-order valence-electron chi connectivity index (χ0n) is 9.48. The molecule has 1 aromatic heterocycles. The van der Waals surface area contributed by atoms with Gasteiger partial charge in [0.1, 0.15) is 0 Å². The number of carbonyl (C=O) groups is 1. The number of rotatable bonds is 3. The van der Waals surface area contributed by atoms with E-state index < -0.39 is 5.82 Å². The molecule has 1 aliphatic rings. The summed E-state index contributed by atoms with van der Waals surface area (Å²) in [7, 11) is 1.72. The lowest BCUT2D eigenvalue weighted by atomic mass is 10.2. The van der Waals surface area contributed by atoms with Crippen LogP contribution in [0.1, 0.15) is 23.7 Å². The minimum Gasteiger partial charge on any atom is -0.341 e. The predicted octanol–water partition coefficient (Wildman–Crippen LogP) is 1.95. The van der Waals surface area contributed by atoms with Gasteiger partial charge in [-0.3, -0.25) is 9.78 Å². The highest BCUT2D eigenvalue weighted by atomic mass is 19.1. The minimum absolute atomic E-state index is 0.103. The SMILES string of the molecule is CC1CC1CN(C)C(=O)c1ccncc1F. The molecule has 0 saturated heterocycles. The largest absolute Gasteiger partial charge is 0.341 e. The molecule has 1 aliphatic carbocycles. The van der Waals surface area contributed by atoms with Crippen LogP contribution >= 0.6 is 0 Å². The van der Waals surface area contributed by atoms with Crippen LogP contribution in [0.2, 0.25) is 0 Å². The third-order valence-corrected chi connectivity index (χ3v) is 3.13. The van der Waals surface area contributed by atoms with Gasteiger partial charge in [-0.25, -0.2) is 4.39 Å². The molecule has 0 spiro atoms. The third kappa shape index (κ3) is 2.21. The third-order valence-electron chi connectivity index (χ3n) is 3.13. The van der Waals surface area contributed by atoms with E-state index >= 15 is 0 Å². The molecule has 3 nitrogen and oxygen atoms in total. The second-order valence-electron chi connectivity index (χ2n) is 4.51. The molecule has 2 atom stereocenters. The highest BCUT2D eigenvalue weighted by Crippen LogP contribution is 2.38. The van der Waals surface area contributed by atoms with Crippen molar-refractivity contribution >= 4 is 5.91 Å². The van der Waals surface area contributed by atoms with Gasteiger partial charge in [0.15, 0.2) is 5.82 Å². The Morgan fingerprint density at radius 1 is 1.69 bits per heavy atom. The molecule has 0 N–H and O–H groups in total. The van der Waals surface area contributed by atoms with Crippen molar-refractivity contribution in [1.29, 1.82) is 0 Å². The molecule has 4 heteroatoms. The van der Waals surface area contributed by atoms with Crippen molar-refractivity contribution in [3.63, 3.8) is 0 Å². The van der Waals surface area contributed by atoms with Crippen LogP contribution in [-0.4, -0.2) is 29.4 Å². The Hall–Kier alpha value is -1.45. The molecule has 0 aliphatic heterocycles. The van der Waals surface area contributed by atoms with Crippen LogP contribution in [0.4, 0.5) is 4.39 Å². The lowest BCUT2D eigenvalue weighted by Gasteiger charge is -2.17. The molecule has 1 amide bonds. The van der Waals surface area contributed by atoms with Crippen LogP contribution in [0.5, 0.6) is 0 Å². The van der Waals surface area contributed by atoms with E-state index in [4.69, 9.17) is 0 Å². The van der Waals surface area contributed by atoms with E-state index in [9.17, 15) is 9.18 Å². The fourth-order valence-corrected chi connectivity index (χ4v) is 1.84. The number of nitrogens with zero attached hydrogens (tertiary/aromatic N) is 2. The van der Waals surface area contributed by atoms with E-state index in [0.717, 1.165) is 12.6 Å². The first kappa shape index (κ1) is 11.0. The number of hydrogen-bond donors (Lipinski definition) is 0. The molecule has 0 bridgehead atoms. The Labute approximate surface area is 94.3 Å². The molecule has 2 rings (SSSR count). The molecule has 0 aromatic carbocycles. The van der Waals surface area contributed by atoms with Crippen molar-refractivity contribution in [2.75, 3.05) is 13.6 Å². The van der Waals surface area contributed by atoms with Crippen LogP contribution in [-0.2, 0) is 0 Å². The fraction of sp³-hybridized carbons (Fsp3) is 0.500. The average molecular weight is 222 g/mol. The summed E-state index contributed by atoms with van der Waals surface area (Å²) in [5.74, 6) is 0.457. The summed E-state index contributed by atoms with van der Waals surface area (Å²) in [6, 6.07) is 1.42.